The molecule has 1 fully saturated rings. The van der Waals surface area contributed by atoms with Gasteiger partial charge in [-0.05, 0) is 48.0 Å². The number of halogens is 2. The van der Waals surface area contributed by atoms with Crippen LogP contribution in [0.5, 0.6) is 0 Å². The highest BCUT2D eigenvalue weighted by molar-refractivity contribution is 9.10. The lowest BCUT2D eigenvalue weighted by molar-refractivity contribution is 0.192. The van der Waals surface area contributed by atoms with Gasteiger partial charge in [0, 0.05) is 36.3 Å². The predicted octanol–water partition coefficient (Wildman–Crippen LogP) is 2.45. The summed E-state index contributed by atoms with van der Waals surface area (Å²) in [6.07, 6.45) is 4.36. The summed E-state index contributed by atoms with van der Waals surface area (Å²) in [7, 11) is 2.05. The average Bonchev–Trinajstić information content (AvgIpc) is 2.33. The number of hydrogen-bond donors (Lipinski definition) is 1. The van der Waals surface area contributed by atoms with E-state index in [1.807, 2.05) is 6.20 Å². The van der Waals surface area contributed by atoms with E-state index in [1.54, 1.807) is 0 Å². The van der Waals surface area contributed by atoms with Gasteiger partial charge in [0.15, 0.2) is 0 Å². The second-order valence-corrected chi connectivity index (χ2v) is 5.22. The number of likely N-dealkylation sites (tertiary alicyclic amines) is 1. The lowest BCUT2D eigenvalue weighted by atomic mass is 10.1. The summed E-state index contributed by atoms with van der Waals surface area (Å²) >= 11 is 3.40. The molecule has 0 aromatic carbocycles. The zero-order valence-corrected chi connectivity index (χ0v) is 12.4. The first-order chi connectivity index (χ1) is 7.78. The molecule has 1 aromatic heterocycles. The molecule has 0 bridgehead atoms. The van der Waals surface area contributed by atoms with Gasteiger partial charge >= 0.3 is 0 Å². The Kier molecular flexibility index (Phi) is 6.41. The molecule has 17 heavy (non-hydrogen) atoms. The Morgan fingerprint density at radius 2 is 2.12 bits per heavy atom. The van der Waals surface area contributed by atoms with Crippen molar-refractivity contribution >= 4 is 28.3 Å². The maximum atomic E-state index is 4.41. The van der Waals surface area contributed by atoms with Crippen molar-refractivity contribution in [2.45, 2.75) is 25.4 Å². The van der Waals surface area contributed by atoms with Crippen molar-refractivity contribution < 1.29 is 0 Å². The van der Waals surface area contributed by atoms with E-state index in [0.717, 1.165) is 16.7 Å². The van der Waals surface area contributed by atoms with E-state index in [9.17, 15) is 0 Å². The second kappa shape index (κ2) is 7.31. The van der Waals surface area contributed by atoms with Crippen molar-refractivity contribution in [3.63, 3.8) is 0 Å². The molecule has 0 saturated carbocycles. The van der Waals surface area contributed by atoms with Crippen LogP contribution < -0.4 is 5.32 Å². The number of pyridine rings is 1. The highest BCUT2D eigenvalue weighted by Crippen LogP contribution is 2.14. The van der Waals surface area contributed by atoms with Gasteiger partial charge in [0.25, 0.3) is 0 Å². The van der Waals surface area contributed by atoms with Crippen LogP contribution in [0.15, 0.2) is 22.8 Å². The van der Waals surface area contributed by atoms with Gasteiger partial charge in [-0.25, -0.2) is 0 Å². The van der Waals surface area contributed by atoms with Crippen LogP contribution in [-0.2, 0) is 6.54 Å². The first kappa shape index (κ1) is 14.9. The zero-order valence-electron chi connectivity index (χ0n) is 10.0. The van der Waals surface area contributed by atoms with Gasteiger partial charge in [-0.1, -0.05) is 0 Å². The lowest BCUT2D eigenvalue weighted by Gasteiger charge is -2.31. The molecule has 1 saturated heterocycles. The SMILES string of the molecule is CNC1CCN(Cc2ccc(Br)cn2)CC1.Cl. The minimum absolute atomic E-state index is 0. The third kappa shape index (κ3) is 4.54. The number of nitrogens with zero attached hydrogens (tertiary/aromatic N) is 2. The van der Waals surface area contributed by atoms with Gasteiger partial charge < -0.3 is 5.32 Å². The number of hydrogen-bond acceptors (Lipinski definition) is 3. The predicted molar refractivity (Wildman–Crippen MR) is 76.5 cm³/mol. The summed E-state index contributed by atoms with van der Waals surface area (Å²) in [5, 5.41) is 3.35. The van der Waals surface area contributed by atoms with Gasteiger partial charge in [-0.2, -0.15) is 0 Å². The molecule has 0 unspecified atom stereocenters. The standard InChI is InChI=1S/C12H18BrN3.ClH/c1-14-11-4-6-16(7-5-11)9-12-3-2-10(13)8-15-12;/h2-3,8,11,14H,4-7,9H2,1H3;1H. The molecule has 96 valence electrons. The molecule has 0 atom stereocenters. The van der Waals surface area contributed by atoms with E-state index in [4.69, 9.17) is 0 Å². The summed E-state index contributed by atoms with van der Waals surface area (Å²) in [5.74, 6) is 0. The quantitative estimate of drug-likeness (QED) is 0.927. The number of aromatic nitrogens is 1. The molecular formula is C12H19BrClN3. The Morgan fingerprint density at radius 3 is 2.65 bits per heavy atom. The summed E-state index contributed by atoms with van der Waals surface area (Å²) in [5.41, 5.74) is 1.16. The Hall–Kier alpha value is -0.160. The van der Waals surface area contributed by atoms with E-state index >= 15 is 0 Å². The fourth-order valence-electron chi connectivity index (χ4n) is 2.11. The van der Waals surface area contributed by atoms with E-state index in [2.05, 4.69) is 50.3 Å². The topological polar surface area (TPSA) is 28.2 Å². The van der Waals surface area contributed by atoms with Crippen LogP contribution in [-0.4, -0.2) is 36.1 Å². The highest BCUT2D eigenvalue weighted by Gasteiger charge is 2.17. The normalized spacial score (nSPS) is 17.8. The number of nitrogens with one attached hydrogen (secondary N) is 1. The Balaban J connectivity index is 0.00000144. The van der Waals surface area contributed by atoms with Gasteiger partial charge in [0.2, 0.25) is 0 Å². The number of rotatable bonds is 3. The monoisotopic (exact) mass is 319 g/mol. The van der Waals surface area contributed by atoms with Crippen LogP contribution >= 0.6 is 28.3 Å². The van der Waals surface area contributed by atoms with Crippen molar-refractivity contribution in [1.29, 1.82) is 0 Å². The van der Waals surface area contributed by atoms with Crippen molar-refractivity contribution in [2.75, 3.05) is 20.1 Å². The first-order valence-electron chi connectivity index (χ1n) is 5.78. The first-order valence-corrected chi connectivity index (χ1v) is 6.57. The summed E-state index contributed by atoms with van der Waals surface area (Å²) < 4.78 is 1.05. The van der Waals surface area contributed by atoms with E-state index < -0.39 is 0 Å². The third-order valence-electron chi connectivity index (χ3n) is 3.17. The Labute approximate surface area is 118 Å². The molecule has 0 aliphatic carbocycles. The lowest BCUT2D eigenvalue weighted by Crippen LogP contribution is -2.40. The largest absolute Gasteiger partial charge is 0.317 e. The van der Waals surface area contributed by atoms with Crippen molar-refractivity contribution in [2.24, 2.45) is 0 Å². The van der Waals surface area contributed by atoms with Crippen LogP contribution in [0.4, 0.5) is 0 Å². The van der Waals surface area contributed by atoms with Gasteiger partial charge in [-0.3, -0.25) is 9.88 Å². The fourth-order valence-corrected chi connectivity index (χ4v) is 2.34. The summed E-state index contributed by atoms with van der Waals surface area (Å²) in [6, 6.07) is 4.85. The van der Waals surface area contributed by atoms with Crippen molar-refractivity contribution in [1.82, 2.24) is 15.2 Å². The maximum absolute atomic E-state index is 4.41. The second-order valence-electron chi connectivity index (χ2n) is 4.31. The molecular weight excluding hydrogens is 302 g/mol. The Morgan fingerprint density at radius 1 is 1.41 bits per heavy atom. The van der Waals surface area contributed by atoms with Gasteiger partial charge in [0.1, 0.15) is 0 Å². The Bertz CT molecular complexity index is 323. The van der Waals surface area contributed by atoms with Gasteiger partial charge in [-0.15, -0.1) is 12.4 Å². The maximum Gasteiger partial charge on any atom is 0.0544 e. The molecule has 0 amide bonds. The van der Waals surface area contributed by atoms with E-state index in [1.165, 1.54) is 25.9 Å². The minimum atomic E-state index is 0. The molecule has 0 spiro atoms. The average molecular weight is 321 g/mol. The van der Waals surface area contributed by atoms with Crippen LogP contribution in [0.3, 0.4) is 0 Å². The fraction of sp³-hybridized carbons (Fsp3) is 0.583. The van der Waals surface area contributed by atoms with Crippen LogP contribution in [0.1, 0.15) is 18.5 Å². The van der Waals surface area contributed by atoms with Gasteiger partial charge in [0.05, 0.1) is 5.69 Å². The molecule has 3 nitrogen and oxygen atoms in total. The van der Waals surface area contributed by atoms with Crippen LogP contribution in [0.2, 0.25) is 0 Å². The van der Waals surface area contributed by atoms with Crippen molar-refractivity contribution in [3.05, 3.63) is 28.5 Å². The van der Waals surface area contributed by atoms with E-state index in [-0.39, 0.29) is 12.4 Å². The molecule has 2 heterocycles. The third-order valence-corrected chi connectivity index (χ3v) is 3.64. The summed E-state index contributed by atoms with van der Waals surface area (Å²) in [6.45, 7) is 3.32. The van der Waals surface area contributed by atoms with Crippen molar-refractivity contribution in [3.8, 4) is 0 Å². The van der Waals surface area contributed by atoms with Crippen LogP contribution in [0.25, 0.3) is 0 Å². The number of piperidine rings is 1. The molecule has 5 heteroatoms. The minimum Gasteiger partial charge on any atom is -0.317 e. The highest BCUT2D eigenvalue weighted by atomic mass is 79.9. The molecule has 1 aromatic rings. The zero-order chi connectivity index (χ0) is 11.4. The van der Waals surface area contributed by atoms with Crippen LogP contribution in [0, 0.1) is 0 Å². The van der Waals surface area contributed by atoms with E-state index in [0.29, 0.717) is 6.04 Å². The molecule has 1 aliphatic rings. The molecule has 1 N–H and O–H groups in total. The molecule has 2 rings (SSSR count). The molecule has 1 aliphatic heterocycles. The smallest absolute Gasteiger partial charge is 0.0544 e. The summed E-state index contributed by atoms with van der Waals surface area (Å²) in [4.78, 5) is 6.88. The molecule has 0 radical (unpaired) electrons.